The van der Waals surface area contributed by atoms with Crippen molar-refractivity contribution in [2.75, 3.05) is 7.11 Å². The van der Waals surface area contributed by atoms with E-state index in [2.05, 4.69) is 10.3 Å². The van der Waals surface area contributed by atoms with Crippen molar-refractivity contribution in [3.63, 3.8) is 0 Å². The fourth-order valence-corrected chi connectivity index (χ4v) is 2.05. The highest BCUT2D eigenvalue weighted by Crippen LogP contribution is 2.23. The summed E-state index contributed by atoms with van der Waals surface area (Å²) in [4.78, 5) is 11.0. The van der Waals surface area contributed by atoms with Gasteiger partial charge in [0.05, 0.1) is 19.3 Å². The van der Waals surface area contributed by atoms with E-state index >= 15 is 0 Å². The third kappa shape index (κ3) is 2.73. The number of carboxylic acids is 1. The Bertz CT molecular complexity index is 642. The number of aromatic carboxylic acids is 1. The fraction of sp³-hybridized carbons (Fsp3) is 0.250. The average molecular weight is 297 g/mol. The van der Waals surface area contributed by atoms with E-state index in [1.807, 2.05) is 0 Å². The molecule has 3 N–H and O–H groups in total. The van der Waals surface area contributed by atoms with Gasteiger partial charge in [-0.25, -0.2) is 9.48 Å². The molecule has 0 fully saturated rings. The smallest absolute Gasteiger partial charge is 0.358 e. The summed E-state index contributed by atoms with van der Waals surface area (Å²) in [5, 5.41) is 17.0. The standard InChI is InChI=1S/C12H13ClN4O3/c1-20-10-3-2-8(13)4-7(10)6-17-9(5-14)11(12(18)19)15-16-17/h2-4H,5-6,14H2,1H3,(H,18,19). The molecule has 2 aromatic rings. The van der Waals surface area contributed by atoms with Gasteiger partial charge < -0.3 is 15.6 Å². The van der Waals surface area contributed by atoms with Crippen LogP contribution in [-0.4, -0.2) is 33.2 Å². The molecule has 0 radical (unpaired) electrons. The van der Waals surface area contributed by atoms with Gasteiger partial charge in [-0.05, 0) is 18.2 Å². The molecule has 0 atom stereocenters. The molecule has 0 spiro atoms. The molecule has 20 heavy (non-hydrogen) atoms. The molecule has 1 aromatic carbocycles. The van der Waals surface area contributed by atoms with Crippen LogP contribution in [0, 0.1) is 0 Å². The van der Waals surface area contributed by atoms with Crippen LogP contribution < -0.4 is 10.5 Å². The van der Waals surface area contributed by atoms with Gasteiger partial charge in [-0.1, -0.05) is 16.8 Å². The monoisotopic (exact) mass is 296 g/mol. The number of carboxylic acid groups (broad SMARTS) is 1. The first kappa shape index (κ1) is 14.3. The van der Waals surface area contributed by atoms with Gasteiger partial charge in [-0.15, -0.1) is 5.10 Å². The van der Waals surface area contributed by atoms with Crippen LogP contribution in [0.5, 0.6) is 5.75 Å². The van der Waals surface area contributed by atoms with E-state index in [4.69, 9.17) is 27.2 Å². The fourth-order valence-electron chi connectivity index (χ4n) is 1.86. The predicted octanol–water partition coefficient (Wildman–Crippen LogP) is 1.15. The number of nitrogens with zero attached hydrogens (tertiary/aromatic N) is 3. The Kier molecular flexibility index (Phi) is 4.21. The molecule has 0 saturated heterocycles. The largest absolute Gasteiger partial charge is 0.496 e. The minimum Gasteiger partial charge on any atom is -0.496 e. The number of aromatic nitrogens is 3. The molecule has 0 bridgehead atoms. The summed E-state index contributed by atoms with van der Waals surface area (Å²) in [6.45, 7) is 0.300. The predicted molar refractivity (Wildman–Crippen MR) is 72.0 cm³/mol. The summed E-state index contributed by atoms with van der Waals surface area (Å²) in [7, 11) is 1.54. The van der Waals surface area contributed by atoms with Gasteiger partial charge >= 0.3 is 5.97 Å². The first-order valence-corrected chi connectivity index (χ1v) is 6.12. The highest BCUT2D eigenvalue weighted by Gasteiger charge is 2.18. The first-order valence-electron chi connectivity index (χ1n) is 5.75. The summed E-state index contributed by atoms with van der Waals surface area (Å²) >= 11 is 5.95. The van der Waals surface area contributed by atoms with Gasteiger partial charge in [0.1, 0.15) is 5.75 Å². The lowest BCUT2D eigenvalue weighted by atomic mass is 10.2. The highest BCUT2D eigenvalue weighted by atomic mass is 35.5. The van der Waals surface area contributed by atoms with Crippen LogP contribution in [0.25, 0.3) is 0 Å². The quantitative estimate of drug-likeness (QED) is 0.857. The molecular formula is C12H13ClN4O3. The molecule has 0 aliphatic heterocycles. The Morgan fingerprint density at radius 3 is 2.90 bits per heavy atom. The molecule has 0 saturated carbocycles. The second-order valence-electron chi connectivity index (χ2n) is 4.01. The van der Waals surface area contributed by atoms with E-state index < -0.39 is 5.97 Å². The second kappa shape index (κ2) is 5.89. The van der Waals surface area contributed by atoms with Crippen molar-refractivity contribution in [1.29, 1.82) is 0 Å². The molecule has 1 aromatic heterocycles. The maximum absolute atomic E-state index is 11.0. The van der Waals surface area contributed by atoms with E-state index in [1.165, 1.54) is 4.68 Å². The van der Waals surface area contributed by atoms with Crippen molar-refractivity contribution in [3.8, 4) is 5.75 Å². The molecule has 0 aliphatic rings. The van der Waals surface area contributed by atoms with Gasteiger partial charge in [0.15, 0.2) is 5.69 Å². The highest BCUT2D eigenvalue weighted by molar-refractivity contribution is 6.30. The van der Waals surface area contributed by atoms with E-state index in [-0.39, 0.29) is 18.8 Å². The number of benzene rings is 1. The van der Waals surface area contributed by atoms with Crippen LogP contribution in [0.3, 0.4) is 0 Å². The Balaban J connectivity index is 2.40. The molecule has 0 amide bonds. The Morgan fingerprint density at radius 2 is 2.30 bits per heavy atom. The zero-order valence-electron chi connectivity index (χ0n) is 10.7. The Hall–Kier alpha value is -2.12. The third-order valence-electron chi connectivity index (χ3n) is 2.80. The first-order chi connectivity index (χ1) is 9.56. The Labute approximate surface area is 119 Å². The third-order valence-corrected chi connectivity index (χ3v) is 3.03. The van der Waals surface area contributed by atoms with Crippen molar-refractivity contribution in [3.05, 3.63) is 40.2 Å². The van der Waals surface area contributed by atoms with E-state index in [1.54, 1.807) is 25.3 Å². The van der Waals surface area contributed by atoms with Crippen LogP contribution in [0.4, 0.5) is 0 Å². The van der Waals surface area contributed by atoms with Crippen LogP contribution in [0.15, 0.2) is 18.2 Å². The lowest BCUT2D eigenvalue weighted by Gasteiger charge is -2.10. The molecule has 7 nitrogen and oxygen atoms in total. The van der Waals surface area contributed by atoms with Crippen molar-refractivity contribution in [1.82, 2.24) is 15.0 Å². The topological polar surface area (TPSA) is 103 Å². The normalized spacial score (nSPS) is 10.6. The van der Waals surface area contributed by atoms with Crippen LogP contribution in [0.2, 0.25) is 5.02 Å². The number of carbonyl (C=O) groups is 1. The van der Waals surface area contributed by atoms with Gasteiger partial charge in [-0.2, -0.15) is 0 Å². The van der Waals surface area contributed by atoms with E-state index in [0.29, 0.717) is 16.5 Å². The van der Waals surface area contributed by atoms with E-state index in [0.717, 1.165) is 5.56 Å². The number of hydrogen-bond acceptors (Lipinski definition) is 5. The molecule has 0 aliphatic carbocycles. The molecule has 1 heterocycles. The summed E-state index contributed by atoms with van der Waals surface area (Å²) in [5.41, 5.74) is 6.53. The van der Waals surface area contributed by atoms with Crippen molar-refractivity contribution >= 4 is 17.6 Å². The SMILES string of the molecule is COc1ccc(Cl)cc1Cn1nnc(C(=O)O)c1CN. The maximum atomic E-state index is 11.0. The van der Waals surface area contributed by atoms with Crippen LogP contribution in [-0.2, 0) is 13.1 Å². The summed E-state index contributed by atoms with van der Waals surface area (Å²) in [6.07, 6.45) is 0. The number of methoxy groups -OCH3 is 1. The minimum atomic E-state index is -1.16. The number of ether oxygens (including phenoxy) is 1. The van der Waals surface area contributed by atoms with E-state index in [9.17, 15) is 4.79 Å². The van der Waals surface area contributed by atoms with Gasteiger partial charge in [0, 0.05) is 17.1 Å². The van der Waals surface area contributed by atoms with Gasteiger partial charge in [0.25, 0.3) is 0 Å². The van der Waals surface area contributed by atoms with Gasteiger partial charge in [-0.3, -0.25) is 0 Å². The number of nitrogens with two attached hydrogens (primary N) is 1. The minimum absolute atomic E-state index is 0.0253. The van der Waals surface area contributed by atoms with Gasteiger partial charge in [0.2, 0.25) is 0 Å². The van der Waals surface area contributed by atoms with Crippen LogP contribution in [0.1, 0.15) is 21.7 Å². The Morgan fingerprint density at radius 1 is 1.55 bits per heavy atom. The summed E-state index contributed by atoms with van der Waals surface area (Å²) in [5.74, 6) is -0.528. The summed E-state index contributed by atoms with van der Waals surface area (Å²) < 4.78 is 6.66. The second-order valence-corrected chi connectivity index (χ2v) is 4.44. The number of halogens is 1. The number of hydrogen-bond donors (Lipinski definition) is 2. The average Bonchev–Trinajstić information content (AvgIpc) is 2.82. The van der Waals surface area contributed by atoms with Crippen molar-refractivity contribution in [2.45, 2.75) is 13.1 Å². The zero-order chi connectivity index (χ0) is 14.7. The number of rotatable bonds is 5. The zero-order valence-corrected chi connectivity index (χ0v) is 11.5. The molecule has 106 valence electrons. The molecule has 8 heteroatoms. The maximum Gasteiger partial charge on any atom is 0.358 e. The van der Waals surface area contributed by atoms with Crippen molar-refractivity contribution in [2.24, 2.45) is 5.73 Å². The molecule has 2 rings (SSSR count). The molecular weight excluding hydrogens is 284 g/mol. The van der Waals surface area contributed by atoms with Crippen molar-refractivity contribution < 1.29 is 14.6 Å². The summed E-state index contributed by atoms with van der Waals surface area (Å²) in [6, 6.07) is 5.16. The lowest BCUT2D eigenvalue weighted by molar-refractivity contribution is 0.0689. The van der Waals surface area contributed by atoms with Crippen LogP contribution >= 0.6 is 11.6 Å². The lowest BCUT2D eigenvalue weighted by Crippen LogP contribution is -2.13. The molecule has 0 unspecified atom stereocenters.